The van der Waals surface area contributed by atoms with Gasteiger partial charge >= 0.3 is 0 Å². The first kappa shape index (κ1) is 37.0. The van der Waals surface area contributed by atoms with Gasteiger partial charge in [0.2, 0.25) is 0 Å². The third kappa shape index (κ3) is 8.50. The molecular weight excluding hydrogens is 666 g/mol. The van der Waals surface area contributed by atoms with Crippen molar-refractivity contribution >= 4 is 16.6 Å². The lowest BCUT2D eigenvalue weighted by Crippen LogP contribution is -2.30. The van der Waals surface area contributed by atoms with E-state index in [0.29, 0.717) is 36.3 Å². The molecule has 0 aliphatic heterocycles. The predicted molar refractivity (Wildman–Crippen MR) is 207 cm³/mol. The summed E-state index contributed by atoms with van der Waals surface area (Å²) in [6, 6.07) is 29.7. The van der Waals surface area contributed by atoms with Crippen LogP contribution in [0.2, 0.25) is 0 Å². The van der Waals surface area contributed by atoms with Gasteiger partial charge < -0.3 is 34.9 Å². The Morgan fingerprint density at radius 1 is 0.755 bits per heavy atom. The number of nitrogens with one attached hydrogen (secondary N) is 1. The van der Waals surface area contributed by atoms with Crippen molar-refractivity contribution in [2.75, 3.05) is 14.2 Å². The second kappa shape index (κ2) is 16.7. The van der Waals surface area contributed by atoms with Crippen LogP contribution in [-0.4, -0.2) is 51.5 Å². The number of rotatable bonds is 16. The van der Waals surface area contributed by atoms with Gasteiger partial charge in [-0.25, -0.2) is 0 Å². The second-order valence-electron chi connectivity index (χ2n) is 13.7. The number of aromatic nitrogens is 1. The molecule has 6 rings (SSSR count). The molecule has 0 saturated heterocycles. The predicted octanol–water partition coefficient (Wildman–Crippen LogP) is 8.20. The first-order valence-electron chi connectivity index (χ1n) is 18.0. The van der Waals surface area contributed by atoms with E-state index in [1.54, 1.807) is 49.6 Å². The van der Waals surface area contributed by atoms with Crippen LogP contribution in [0.1, 0.15) is 58.2 Å². The third-order valence-electron chi connectivity index (χ3n) is 10.4. The van der Waals surface area contributed by atoms with Crippen LogP contribution >= 0.6 is 0 Å². The van der Waals surface area contributed by atoms with Gasteiger partial charge in [0.05, 0.1) is 20.3 Å². The van der Waals surface area contributed by atoms with Crippen LogP contribution in [0.25, 0.3) is 10.8 Å². The van der Waals surface area contributed by atoms with Crippen LogP contribution in [0.4, 0.5) is 0 Å². The fourth-order valence-corrected chi connectivity index (χ4v) is 7.54. The molecule has 8 heteroatoms. The molecule has 0 amide bonds. The molecule has 0 aliphatic rings. The minimum absolute atomic E-state index is 0.00361. The van der Waals surface area contributed by atoms with Crippen molar-refractivity contribution in [1.29, 1.82) is 0 Å². The fraction of sp³-hybridized carbons (Fsp3) is 0.267. The number of aromatic hydroxyl groups is 3. The zero-order valence-corrected chi connectivity index (χ0v) is 30.4. The number of hydrogen-bond donors (Lipinski definition) is 5. The molecule has 0 unspecified atom stereocenters. The van der Waals surface area contributed by atoms with Crippen molar-refractivity contribution in [2.24, 2.45) is 5.92 Å². The van der Waals surface area contributed by atoms with Gasteiger partial charge in [-0.15, -0.1) is 0 Å². The van der Waals surface area contributed by atoms with Gasteiger partial charge in [-0.3, -0.25) is 4.79 Å². The molecule has 6 aromatic rings. The van der Waals surface area contributed by atoms with Gasteiger partial charge in [0, 0.05) is 36.7 Å². The van der Waals surface area contributed by atoms with Crippen molar-refractivity contribution < 1.29 is 34.7 Å². The van der Waals surface area contributed by atoms with Crippen molar-refractivity contribution in [3.63, 3.8) is 0 Å². The molecule has 5 aromatic carbocycles. The first-order chi connectivity index (χ1) is 25.7. The number of H-pyrrole nitrogens is 1. The van der Waals surface area contributed by atoms with E-state index in [9.17, 15) is 25.2 Å². The van der Waals surface area contributed by atoms with E-state index in [1.165, 1.54) is 18.7 Å². The number of aliphatic hydroxyl groups excluding tert-OH is 1. The number of methoxy groups -OCH3 is 2. The van der Waals surface area contributed by atoms with Crippen LogP contribution in [0.5, 0.6) is 28.7 Å². The number of ether oxygens (including phenoxy) is 2. The average molecular weight is 714 g/mol. The fourth-order valence-electron chi connectivity index (χ4n) is 7.54. The molecule has 0 fully saturated rings. The van der Waals surface area contributed by atoms with E-state index < -0.39 is 12.0 Å². The molecule has 0 saturated carbocycles. The summed E-state index contributed by atoms with van der Waals surface area (Å²) >= 11 is 0. The molecule has 3 atom stereocenters. The third-order valence-corrected chi connectivity index (χ3v) is 10.4. The van der Waals surface area contributed by atoms with Crippen LogP contribution in [-0.2, 0) is 36.9 Å². The number of aliphatic hydroxyl groups is 1. The Morgan fingerprint density at radius 3 is 2.28 bits per heavy atom. The second-order valence-corrected chi connectivity index (χ2v) is 13.7. The molecule has 1 aromatic heterocycles. The van der Waals surface area contributed by atoms with Gasteiger partial charge in [-0.2, -0.15) is 0 Å². The van der Waals surface area contributed by atoms with E-state index in [-0.39, 0.29) is 41.8 Å². The Labute approximate surface area is 310 Å². The zero-order valence-electron chi connectivity index (χ0n) is 30.4. The van der Waals surface area contributed by atoms with Gasteiger partial charge in [0.1, 0.15) is 11.5 Å². The number of Topliss-reactive ketones (excluding diaryl/α,β-unsaturated/α-hetero) is 1. The first-order valence-corrected chi connectivity index (χ1v) is 18.0. The number of fused-ring (bicyclic) bond motifs is 1. The summed E-state index contributed by atoms with van der Waals surface area (Å²) in [5.41, 5.74) is 6.52. The highest BCUT2D eigenvalue weighted by atomic mass is 16.5. The minimum atomic E-state index is -1.03. The quantitative estimate of drug-likeness (QED) is 0.0683. The lowest BCUT2D eigenvalue weighted by atomic mass is 9.80. The summed E-state index contributed by atoms with van der Waals surface area (Å²) in [6.45, 7) is 2.14. The molecular formula is C45H47NO7. The van der Waals surface area contributed by atoms with Gasteiger partial charge in [-0.05, 0) is 112 Å². The standard InChI is InChI=1S/C45H47NO7/c1-4-30-13-14-31-8-5-6-11-36(31)37(30)25-39-33(15-17-41(49)45(39)53-3)23-34(20-29-18-19-46-27-29)42(50)26-43(51)38(32-9-7-10-35(47)24-32)21-28-12-16-40(48)44(22-28)52-2/h5-19,22,24,27,34,38,42,46-50H,4,20-21,23,25-26H2,1-3H3/t34-,38+,42+/m0/s1. The maximum absolute atomic E-state index is 14.3. The van der Waals surface area contributed by atoms with Crippen LogP contribution < -0.4 is 9.47 Å². The molecule has 1 heterocycles. The summed E-state index contributed by atoms with van der Waals surface area (Å²) in [6.07, 6.45) is 5.14. The number of phenols is 3. The number of ketones is 1. The van der Waals surface area contributed by atoms with E-state index in [2.05, 4.69) is 36.2 Å². The Balaban J connectivity index is 1.35. The van der Waals surface area contributed by atoms with Crippen molar-refractivity contribution in [1.82, 2.24) is 4.98 Å². The zero-order chi connectivity index (χ0) is 37.5. The molecule has 53 heavy (non-hydrogen) atoms. The van der Waals surface area contributed by atoms with Crippen LogP contribution in [0, 0.1) is 5.92 Å². The molecule has 0 radical (unpaired) electrons. The average Bonchev–Trinajstić information content (AvgIpc) is 3.68. The molecule has 0 bridgehead atoms. The summed E-state index contributed by atoms with van der Waals surface area (Å²) in [5, 5.41) is 45.8. The minimum Gasteiger partial charge on any atom is -0.508 e. The van der Waals surface area contributed by atoms with Gasteiger partial charge in [0.25, 0.3) is 0 Å². The molecule has 5 N–H and O–H groups in total. The SMILES string of the molecule is CCc1ccc2ccccc2c1Cc1c(C[C@H](Cc2cc[nH]c2)[C@H](O)CC(=O)[C@H](Cc2ccc(O)c(OC)c2)c2cccc(O)c2)ccc(O)c1OC. The number of hydrogen-bond acceptors (Lipinski definition) is 7. The summed E-state index contributed by atoms with van der Waals surface area (Å²) in [4.78, 5) is 17.4. The number of phenolic OH excluding ortho intramolecular Hbond substituents is 3. The van der Waals surface area contributed by atoms with E-state index in [1.807, 2.05) is 36.7 Å². The number of aromatic amines is 1. The highest BCUT2D eigenvalue weighted by molar-refractivity contribution is 5.88. The maximum Gasteiger partial charge on any atom is 0.164 e. The molecule has 274 valence electrons. The Bertz CT molecular complexity index is 2170. The van der Waals surface area contributed by atoms with Crippen LogP contribution in [0.15, 0.2) is 109 Å². The summed E-state index contributed by atoms with van der Waals surface area (Å²) in [7, 11) is 3.03. The molecule has 8 nitrogen and oxygen atoms in total. The number of benzene rings is 5. The van der Waals surface area contributed by atoms with Crippen molar-refractivity contribution in [3.05, 3.63) is 148 Å². The van der Waals surface area contributed by atoms with Crippen LogP contribution in [0.3, 0.4) is 0 Å². The normalized spacial score (nSPS) is 13.1. The van der Waals surface area contributed by atoms with Crippen molar-refractivity contribution in [2.45, 2.75) is 57.5 Å². The summed E-state index contributed by atoms with van der Waals surface area (Å²) < 4.78 is 11.2. The Kier molecular flexibility index (Phi) is 11.7. The lowest BCUT2D eigenvalue weighted by molar-refractivity contribution is -0.123. The van der Waals surface area contributed by atoms with E-state index >= 15 is 0 Å². The monoisotopic (exact) mass is 713 g/mol. The molecule has 0 spiro atoms. The summed E-state index contributed by atoms with van der Waals surface area (Å²) in [5.74, 6) is -0.454. The number of carbonyl (C=O) groups is 1. The highest BCUT2D eigenvalue weighted by Crippen LogP contribution is 2.39. The smallest absolute Gasteiger partial charge is 0.164 e. The Morgan fingerprint density at radius 2 is 1.55 bits per heavy atom. The van der Waals surface area contributed by atoms with Gasteiger partial charge in [0.15, 0.2) is 23.0 Å². The highest BCUT2D eigenvalue weighted by Gasteiger charge is 2.30. The number of carbonyl (C=O) groups excluding carboxylic acids is 1. The Hall–Kier alpha value is -5.73. The molecule has 0 aliphatic carbocycles. The maximum atomic E-state index is 14.3. The lowest BCUT2D eigenvalue weighted by Gasteiger charge is -2.27. The largest absolute Gasteiger partial charge is 0.508 e. The van der Waals surface area contributed by atoms with Crippen molar-refractivity contribution in [3.8, 4) is 28.7 Å². The topological polar surface area (TPSA) is 132 Å². The number of aryl methyl sites for hydroxylation is 1. The van der Waals surface area contributed by atoms with E-state index in [0.717, 1.165) is 45.0 Å². The van der Waals surface area contributed by atoms with Gasteiger partial charge in [-0.1, -0.05) is 67.6 Å². The van der Waals surface area contributed by atoms with E-state index in [4.69, 9.17) is 9.47 Å².